The van der Waals surface area contributed by atoms with Crippen molar-refractivity contribution in [3.8, 4) is 0 Å². The molecule has 3 fully saturated rings. The predicted molar refractivity (Wildman–Crippen MR) is 85.7 cm³/mol. The Morgan fingerprint density at radius 3 is 2.45 bits per heavy atom. The first-order valence-corrected chi connectivity index (χ1v) is 9.14. The van der Waals surface area contributed by atoms with Crippen LogP contribution in [0.25, 0.3) is 0 Å². The molecule has 2 nitrogen and oxygen atoms in total. The highest BCUT2D eigenvalue weighted by Gasteiger charge is 2.49. The molecule has 3 rings (SSSR count). The van der Waals surface area contributed by atoms with Crippen molar-refractivity contribution in [3.05, 3.63) is 0 Å². The Morgan fingerprint density at radius 1 is 1.05 bits per heavy atom. The summed E-state index contributed by atoms with van der Waals surface area (Å²) < 4.78 is 0. The van der Waals surface area contributed by atoms with Crippen LogP contribution in [-0.2, 0) is 0 Å². The number of hydrogen-bond acceptors (Lipinski definition) is 2. The molecule has 4 unspecified atom stereocenters. The number of hydrogen-bond donors (Lipinski definition) is 1. The SMILES string of the molecule is CC1CCC(CN)(N2CCCC2C2CCCC2)C(C)C1. The van der Waals surface area contributed by atoms with Crippen LogP contribution in [0.15, 0.2) is 0 Å². The monoisotopic (exact) mass is 278 g/mol. The van der Waals surface area contributed by atoms with Gasteiger partial charge in [0.05, 0.1) is 0 Å². The van der Waals surface area contributed by atoms with Gasteiger partial charge in [0, 0.05) is 18.1 Å². The third-order valence-corrected chi connectivity index (χ3v) is 6.91. The smallest absolute Gasteiger partial charge is 0.0360 e. The van der Waals surface area contributed by atoms with Crippen molar-refractivity contribution in [2.75, 3.05) is 13.1 Å². The van der Waals surface area contributed by atoms with Crippen molar-refractivity contribution in [1.29, 1.82) is 0 Å². The zero-order valence-corrected chi connectivity index (χ0v) is 13.6. The van der Waals surface area contributed by atoms with Crippen LogP contribution < -0.4 is 5.73 Å². The molecule has 2 N–H and O–H groups in total. The lowest BCUT2D eigenvalue weighted by atomic mass is 9.68. The first kappa shape index (κ1) is 14.8. The first-order chi connectivity index (χ1) is 9.67. The largest absolute Gasteiger partial charge is 0.329 e. The van der Waals surface area contributed by atoms with Crippen LogP contribution in [0.5, 0.6) is 0 Å². The van der Waals surface area contributed by atoms with E-state index in [1.54, 1.807) is 0 Å². The Morgan fingerprint density at radius 2 is 1.80 bits per heavy atom. The van der Waals surface area contributed by atoms with Gasteiger partial charge >= 0.3 is 0 Å². The molecule has 3 aliphatic rings. The van der Waals surface area contributed by atoms with E-state index in [2.05, 4.69) is 18.7 Å². The molecule has 0 bridgehead atoms. The molecular weight excluding hydrogens is 244 g/mol. The molecule has 1 heterocycles. The average Bonchev–Trinajstić information content (AvgIpc) is 3.10. The molecule has 1 aliphatic heterocycles. The van der Waals surface area contributed by atoms with E-state index in [1.807, 2.05) is 0 Å². The zero-order chi connectivity index (χ0) is 14.2. The summed E-state index contributed by atoms with van der Waals surface area (Å²) >= 11 is 0. The van der Waals surface area contributed by atoms with Crippen molar-refractivity contribution >= 4 is 0 Å². The lowest BCUT2D eigenvalue weighted by Crippen LogP contribution is -2.62. The second-order valence-corrected chi connectivity index (χ2v) is 8.04. The van der Waals surface area contributed by atoms with E-state index in [9.17, 15) is 0 Å². The van der Waals surface area contributed by atoms with Gasteiger partial charge in [-0.25, -0.2) is 0 Å². The van der Waals surface area contributed by atoms with Crippen molar-refractivity contribution in [2.24, 2.45) is 23.5 Å². The van der Waals surface area contributed by atoms with Crippen LogP contribution in [0.4, 0.5) is 0 Å². The third kappa shape index (κ3) is 2.43. The first-order valence-electron chi connectivity index (χ1n) is 9.14. The lowest BCUT2D eigenvalue weighted by molar-refractivity contribution is -0.0229. The van der Waals surface area contributed by atoms with Gasteiger partial charge in [-0.2, -0.15) is 0 Å². The quantitative estimate of drug-likeness (QED) is 0.851. The maximum absolute atomic E-state index is 6.37. The molecule has 2 aliphatic carbocycles. The summed E-state index contributed by atoms with van der Waals surface area (Å²) in [6.45, 7) is 7.10. The van der Waals surface area contributed by atoms with E-state index in [1.165, 1.54) is 64.3 Å². The fraction of sp³-hybridized carbons (Fsp3) is 1.00. The Hall–Kier alpha value is -0.0800. The molecule has 20 heavy (non-hydrogen) atoms. The Kier molecular flexibility index (Phi) is 4.42. The Labute approximate surface area is 125 Å². The molecule has 2 saturated carbocycles. The molecule has 0 aromatic heterocycles. The highest BCUT2D eigenvalue weighted by atomic mass is 15.3. The molecular formula is C18H34N2. The van der Waals surface area contributed by atoms with Gasteiger partial charge in [0.15, 0.2) is 0 Å². The normalized spacial score (nSPS) is 44.2. The number of rotatable bonds is 3. The summed E-state index contributed by atoms with van der Waals surface area (Å²) in [6, 6.07) is 0.858. The van der Waals surface area contributed by atoms with Gasteiger partial charge in [-0.1, -0.05) is 26.7 Å². The second-order valence-electron chi connectivity index (χ2n) is 8.04. The van der Waals surface area contributed by atoms with Gasteiger partial charge < -0.3 is 5.73 Å². The average molecular weight is 278 g/mol. The van der Waals surface area contributed by atoms with Gasteiger partial charge in [0.25, 0.3) is 0 Å². The summed E-state index contributed by atoms with van der Waals surface area (Å²) in [7, 11) is 0. The molecule has 0 spiro atoms. The van der Waals surface area contributed by atoms with E-state index in [4.69, 9.17) is 5.73 Å². The maximum atomic E-state index is 6.37. The Balaban J connectivity index is 1.80. The van der Waals surface area contributed by atoms with Gasteiger partial charge in [0.2, 0.25) is 0 Å². The van der Waals surface area contributed by atoms with Crippen LogP contribution in [0.2, 0.25) is 0 Å². The number of nitrogens with zero attached hydrogens (tertiary/aromatic N) is 1. The van der Waals surface area contributed by atoms with E-state index >= 15 is 0 Å². The fourth-order valence-electron chi connectivity index (χ4n) is 5.71. The summed E-state index contributed by atoms with van der Waals surface area (Å²) in [4.78, 5) is 2.92. The van der Waals surface area contributed by atoms with E-state index in [0.29, 0.717) is 5.54 Å². The van der Waals surface area contributed by atoms with Gasteiger partial charge in [-0.3, -0.25) is 4.90 Å². The minimum absolute atomic E-state index is 0.330. The van der Waals surface area contributed by atoms with E-state index < -0.39 is 0 Å². The van der Waals surface area contributed by atoms with Crippen LogP contribution in [0.3, 0.4) is 0 Å². The fourth-order valence-corrected chi connectivity index (χ4v) is 5.71. The van der Waals surface area contributed by atoms with E-state index in [0.717, 1.165) is 30.3 Å². The zero-order valence-electron chi connectivity index (χ0n) is 13.6. The van der Waals surface area contributed by atoms with Crippen LogP contribution in [-0.4, -0.2) is 29.6 Å². The summed E-state index contributed by atoms with van der Waals surface area (Å²) in [5, 5.41) is 0. The molecule has 0 radical (unpaired) electrons. The van der Waals surface area contributed by atoms with Gasteiger partial charge in [0.1, 0.15) is 0 Å². The van der Waals surface area contributed by atoms with Gasteiger partial charge in [-0.05, 0) is 69.2 Å². The molecule has 0 aromatic carbocycles. The highest BCUT2D eigenvalue weighted by Crippen LogP contribution is 2.46. The summed E-state index contributed by atoms with van der Waals surface area (Å²) in [5.41, 5.74) is 6.70. The van der Waals surface area contributed by atoms with Crippen molar-refractivity contribution < 1.29 is 0 Å². The molecule has 0 amide bonds. The number of nitrogens with two attached hydrogens (primary N) is 1. The Bertz CT molecular complexity index is 323. The highest BCUT2D eigenvalue weighted by molar-refractivity contribution is 5.04. The third-order valence-electron chi connectivity index (χ3n) is 6.91. The molecule has 1 saturated heterocycles. The predicted octanol–water partition coefficient (Wildman–Crippen LogP) is 3.79. The maximum Gasteiger partial charge on any atom is 0.0360 e. The molecule has 4 atom stereocenters. The van der Waals surface area contributed by atoms with Crippen molar-refractivity contribution in [3.63, 3.8) is 0 Å². The minimum Gasteiger partial charge on any atom is -0.329 e. The topological polar surface area (TPSA) is 29.3 Å². The van der Waals surface area contributed by atoms with Gasteiger partial charge in [-0.15, -0.1) is 0 Å². The molecule has 2 heteroatoms. The van der Waals surface area contributed by atoms with E-state index in [-0.39, 0.29) is 0 Å². The lowest BCUT2D eigenvalue weighted by Gasteiger charge is -2.53. The molecule has 0 aromatic rings. The standard InChI is InChI=1S/C18H34N2/c1-14-9-10-18(13-19,15(2)12-14)20-11-5-8-17(20)16-6-3-4-7-16/h14-17H,3-13,19H2,1-2H3. The number of likely N-dealkylation sites (tertiary alicyclic amines) is 1. The summed E-state index contributed by atoms with van der Waals surface area (Å²) in [6.07, 6.45) is 12.9. The minimum atomic E-state index is 0.330. The second kappa shape index (κ2) is 5.96. The van der Waals surface area contributed by atoms with Crippen LogP contribution >= 0.6 is 0 Å². The summed E-state index contributed by atoms with van der Waals surface area (Å²) in [5.74, 6) is 2.66. The van der Waals surface area contributed by atoms with Crippen LogP contribution in [0, 0.1) is 17.8 Å². The molecule has 116 valence electrons. The van der Waals surface area contributed by atoms with Crippen molar-refractivity contribution in [1.82, 2.24) is 4.90 Å². The van der Waals surface area contributed by atoms with Crippen LogP contribution in [0.1, 0.15) is 71.6 Å². The van der Waals surface area contributed by atoms with Crippen molar-refractivity contribution in [2.45, 2.75) is 83.2 Å².